The Balaban J connectivity index is 3.42. The molecule has 78 valence electrons. The summed E-state index contributed by atoms with van der Waals surface area (Å²) in [5.41, 5.74) is 0. The first-order chi connectivity index (χ1) is 6.20. The summed E-state index contributed by atoms with van der Waals surface area (Å²) in [4.78, 5) is 10.8. The summed E-state index contributed by atoms with van der Waals surface area (Å²) in [5, 5.41) is 2.97. The molecule has 0 aliphatic rings. The van der Waals surface area contributed by atoms with Crippen LogP contribution in [0.2, 0.25) is 0 Å². The second kappa shape index (κ2) is 8.09. The molecule has 0 radical (unpaired) electrons. The molecule has 13 heavy (non-hydrogen) atoms. The van der Waals surface area contributed by atoms with Crippen LogP contribution in [0.1, 0.15) is 59.3 Å². The van der Waals surface area contributed by atoms with E-state index in [0.717, 1.165) is 12.8 Å². The third-order valence-electron chi connectivity index (χ3n) is 2.31. The highest BCUT2D eigenvalue weighted by Crippen LogP contribution is 2.07. The molecule has 0 saturated heterocycles. The normalized spacial score (nSPS) is 12.5. The fourth-order valence-corrected chi connectivity index (χ4v) is 1.48. The van der Waals surface area contributed by atoms with E-state index in [1.165, 1.54) is 25.7 Å². The smallest absolute Gasteiger partial charge is 0.217 e. The lowest BCUT2D eigenvalue weighted by molar-refractivity contribution is -0.119. The minimum Gasteiger partial charge on any atom is -0.354 e. The van der Waals surface area contributed by atoms with Crippen molar-refractivity contribution in [3.05, 3.63) is 0 Å². The Morgan fingerprint density at radius 1 is 1.23 bits per heavy atom. The van der Waals surface area contributed by atoms with Crippen molar-refractivity contribution in [3.8, 4) is 0 Å². The van der Waals surface area contributed by atoms with Crippen LogP contribution in [-0.4, -0.2) is 11.9 Å². The highest BCUT2D eigenvalue weighted by atomic mass is 16.1. The Labute approximate surface area is 82.1 Å². The number of rotatable bonds is 7. The summed E-state index contributed by atoms with van der Waals surface area (Å²) in [7, 11) is 0. The molecule has 1 N–H and O–H groups in total. The predicted molar refractivity (Wildman–Crippen MR) is 56.7 cm³/mol. The molecule has 0 aromatic rings. The molecule has 0 rings (SSSR count). The lowest BCUT2D eigenvalue weighted by Crippen LogP contribution is -2.32. The number of hydrogen-bond acceptors (Lipinski definition) is 1. The van der Waals surface area contributed by atoms with Crippen LogP contribution < -0.4 is 5.32 Å². The van der Waals surface area contributed by atoms with Crippen LogP contribution >= 0.6 is 0 Å². The van der Waals surface area contributed by atoms with Crippen molar-refractivity contribution in [2.75, 3.05) is 0 Å². The quantitative estimate of drug-likeness (QED) is 0.607. The molecular formula is C11H23NO. The summed E-state index contributed by atoms with van der Waals surface area (Å²) in [6, 6.07) is 0.398. The molecule has 0 aromatic carbocycles. The van der Waals surface area contributed by atoms with Crippen LogP contribution in [0.3, 0.4) is 0 Å². The van der Waals surface area contributed by atoms with Crippen molar-refractivity contribution in [3.63, 3.8) is 0 Å². The number of carbonyl (C=O) groups is 1. The van der Waals surface area contributed by atoms with Gasteiger partial charge >= 0.3 is 0 Å². The van der Waals surface area contributed by atoms with Crippen molar-refractivity contribution in [2.45, 2.75) is 65.3 Å². The maximum Gasteiger partial charge on any atom is 0.217 e. The Bertz CT molecular complexity index is 134. The highest BCUT2D eigenvalue weighted by molar-refractivity contribution is 5.73. The molecule has 0 unspecified atom stereocenters. The van der Waals surface area contributed by atoms with Crippen LogP contribution in [-0.2, 0) is 4.79 Å². The second-order valence-corrected chi connectivity index (χ2v) is 3.66. The lowest BCUT2D eigenvalue weighted by atomic mass is 10.1. The third kappa shape index (κ3) is 7.82. The molecule has 0 aliphatic carbocycles. The first-order valence-electron chi connectivity index (χ1n) is 5.47. The Kier molecular flexibility index (Phi) is 7.76. The van der Waals surface area contributed by atoms with Gasteiger partial charge in [-0.15, -0.1) is 0 Å². The minimum absolute atomic E-state index is 0.0994. The van der Waals surface area contributed by atoms with Crippen molar-refractivity contribution in [1.29, 1.82) is 0 Å². The van der Waals surface area contributed by atoms with Crippen LogP contribution in [0.15, 0.2) is 0 Å². The van der Waals surface area contributed by atoms with Gasteiger partial charge < -0.3 is 5.32 Å². The average molecular weight is 185 g/mol. The maximum atomic E-state index is 10.8. The van der Waals surface area contributed by atoms with E-state index in [2.05, 4.69) is 19.2 Å². The van der Waals surface area contributed by atoms with Crippen molar-refractivity contribution >= 4 is 5.91 Å². The summed E-state index contributed by atoms with van der Waals surface area (Å²) in [6.45, 7) is 5.93. The number of unbranched alkanes of at least 4 members (excludes halogenated alkanes) is 3. The minimum atomic E-state index is 0.0994. The zero-order chi connectivity index (χ0) is 10.1. The molecule has 0 saturated carbocycles. The van der Waals surface area contributed by atoms with Gasteiger partial charge in [0.25, 0.3) is 0 Å². The van der Waals surface area contributed by atoms with E-state index in [1.807, 2.05) is 0 Å². The van der Waals surface area contributed by atoms with Gasteiger partial charge in [0.05, 0.1) is 0 Å². The molecule has 1 atom stereocenters. The maximum absolute atomic E-state index is 10.8. The van der Waals surface area contributed by atoms with E-state index in [1.54, 1.807) is 6.92 Å². The molecule has 0 aromatic heterocycles. The fraction of sp³-hybridized carbons (Fsp3) is 0.909. The summed E-state index contributed by atoms with van der Waals surface area (Å²) in [6.07, 6.45) is 7.31. The average Bonchev–Trinajstić information content (AvgIpc) is 2.09. The van der Waals surface area contributed by atoms with E-state index in [9.17, 15) is 4.79 Å². The van der Waals surface area contributed by atoms with E-state index < -0.39 is 0 Å². The molecule has 2 nitrogen and oxygen atoms in total. The summed E-state index contributed by atoms with van der Waals surface area (Å²) >= 11 is 0. The van der Waals surface area contributed by atoms with Gasteiger partial charge in [-0.05, 0) is 12.8 Å². The summed E-state index contributed by atoms with van der Waals surface area (Å²) in [5.74, 6) is 0.0994. The zero-order valence-electron chi connectivity index (χ0n) is 9.23. The topological polar surface area (TPSA) is 29.1 Å². The molecule has 0 aliphatic heterocycles. The van der Waals surface area contributed by atoms with Crippen molar-refractivity contribution in [2.24, 2.45) is 0 Å². The van der Waals surface area contributed by atoms with Gasteiger partial charge in [0.2, 0.25) is 5.91 Å². The SMILES string of the molecule is CCCCCC[C@@H](CC)NC(C)=O. The molecule has 0 bridgehead atoms. The predicted octanol–water partition coefficient (Wildman–Crippen LogP) is 2.87. The van der Waals surface area contributed by atoms with Crippen LogP contribution in [0.5, 0.6) is 0 Å². The summed E-state index contributed by atoms with van der Waals surface area (Å²) < 4.78 is 0. The first kappa shape index (κ1) is 12.5. The monoisotopic (exact) mass is 185 g/mol. The Morgan fingerprint density at radius 2 is 1.92 bits per heavy atom. The largest absolute Gasteiger partial charge is 0.354 e. The number of nitrogens with one attached hydrogen (secondary N) is 1. The van der Waals surface area contributed by atoms with Gasteiger partial charge in [-0.1, -0.05) is 39.5 Å². The van der Waals surface area contributed by atoms with E-state index in [-0.39, 0.29) is 5.91 Å². The number of hydrogen-bond donors (Lipinski definition) is 1. The van der Waals surface area contributed by atoms with Crippen LogP contribution in [0.4, 0.5) is 0 Å². The van der Waals surface area contributed by atoms with Crippen molar-refractivity contribution in [1.82, 2.24) is 5.32 Å². The van der Waals surface area contributed by atoms with E-state index in [4.69, 9.17) is 0 Å². The fourth-order valence-electron chi connectivity index (χ4n) is 1.48. The standard InChI is InChI=1S/C11H23NO/c1-4-6-7-8-9-11(5-2)12-10(3)13/h11H,4-9H2,1-3H3,(H,12,13)/t11-/m1/s1. The second-order valence-electron chi connectivity index (χ2n) is 3.66. The van der Waals surface area contributed by atoms with Gasteiger partial charge in [-0.3, -0.25) is 4.79 Å². The van der Waals surface area contributed by atoms with Gasteiger partial charge in [0, 0.05) is 13.0 Å². The van der Waals surface area contributed by atoms with Gasteiger partial charge in [-0.25, -0.2) is 0 Å². The van der Waals surface area contributed by atoms with Crippen LogP contribution in [0, 0.1) is 0 Å². The zero-order valence-corrected chi connectivity index (χ0v) is 9.23. The van der Waals surface area contributed by atoms with E-state index in [0.29, 0.717) is 6.04 Å². The highest BCUT2D eigenvalue weighted by Gasteiger charge is 2.05. The molecule has 2 heteroatoms. The number of carbonyl (C=O) groups excluding carboxylic acids is 1. The Morgan fingerprint density at radius 3 is 2.38 bits per heavy atom. The van der Waals surface area contributed by atoms with Crippen molar-refractivity contribution < 1.29 is 4.79 Å². The first-order valence-corrected chi connectivity index (χ1v) is 5.47. The van der Waals surface area contributed by atoms with E-state index >= 15 is 0 Å². The van der Waals surface area contributed by atoms with Gasteiger partial charge in [0.1, 0.15) is 0 Å². The van der Waals surface area contributed by atoms with Gasteiger partial charge in [0.15, 0.2) is 0 Å². The molecule has 0 spiro atoms. The van der Waals surface area contributed by atoms with Gasteiger partial charge in [-0.2, -0.15) is 0 Å². The third-order valence-corrected chi connectivity index (χ3v) is 2.31. The molecule has 1 amide bonds. The molecular weight excluding hydrogens is 162 g/mol. The number of amides is 1. The Hall–Kier alpha value is -0.530. The van der Waals surface area contributed by atoms with Crippen LogP contribution in [0.25, 0.3) is 0 Å². The molecule has 0 heterocycles. The molecule has 0 fully saturated rings. The lowest BCUT2D eigenvalue weighted by Gasteiger charge is -2.15.